The van der Waals surface area contributed by atoms with Gasteiger partial charge in [-0.2, -0.15) is 0 Å². The van der Waals surface area contributed by atoms with E-state index < -0.39 is 10.0 Å². The van der Waals surface area contributed by atoms with Crippen molar-refractivity contribution in [3.05, 3.63) is 53.3 Å². The third-order valence-corrected chi connectivity index (χ3v) is 6.61. The Labute approximate surface area is 171 Å². The Morgan fingerprint density at radius 1 is 1.17 bits per heavy atom. The Balaban J connectivity index is 1.55. The molecule has 3 rings (SSSR count). The molecular formula is C20H28N4O4S. The second kappa shape index (κ2) is 9.08. The van der Waals surface area contributed by atoms with E-state index in [2.05, 4.69) is 14.9 Å². The number of hydrogen-bond donors (Lipinski definition) is 3. The fraction of sp³-hybridized carbons (Fsp3) is 0.450. The van der Waals surface area contributed by atoms with Gasteiger partial charge in [-0.05, 0) is 37.1 Å². The highest BCUT2D eigenvalue weighted by Gasteiger charge is 2.19. The number of carbonyl (C=O) groups is 1. The lowest BCUT2D eigenvalue weighted by molar-refractivity contribution is 0.0792. The van der Waals surface area contributed by atoms with E-state index in [1.807, 2.05) is 24.3 Å². The Morgan fingerprint density at radius 3 is 2.41 bits per heavy atom. The van der Waals surface area contributed by atoms with Crippen LogP contribution < -0.4 is 10.0 Å². The number of aromatic nitrogens is 1. The number of nitrogens with zero attached hydrogens (tertiary/aromatic N) is 2. The zero-order valence-electron chi connectivity index (χ0n) is 16.8. The summed E-state index contributed by atoms with van der Waals surface area (Å²) in [5.41, 5.74) is 2.44. The number of likely N-dealkylation sites (tertiary alicyclic amines) is 1. The number of piperidine rings is 1. The van der Waals surface area contributed by atoms with Crippen molar-refractivity contribution < 1.29 is 18.3 Å². The van der Waals surface area contributed by atoms with E-state index in [0.29, 0.717) is 6.54 Å². The predicted octanol–water partition coefficient (Wildman–Crippen LogP) is 0.820. The number of nitrogens with one attached hydrogen (secondary N) is 2. The maximum Gasteiger partial charge on any atom is 0.268 e. The summed E-state index contributed by atoms with van der Waals surface area (Å²) in [6.07, 6.45) is 2.88. The van der Waals surface area contributed by atoms with E-state index in [9.17, 15) is 18.3 Å². The van der Waals surface area contributed by atoms with Crippen LogP contribution in [0.5, 0.6) is 0 Å². The fourth-order valence-corrected chi connectivity index (χ4v) is 4.20. The molecule has 0 radical (unpaired) electrons. The summed E-state index contributed by atoms with van der Waals surface area (Å²) in [7, 11) is -0.619. The zero-order valence-corrected chi connectivity index (χ0v) is 17.6. The fourth-order valence-electron chi connectivity index (χ4n) is 3.40. The van der Waals surface area contributed by atoms with E-state index >= 15 is 0 Å². The van der Waals surface area contributed by atoms with Gasteiger partial charge in [-0.1, -0.05) is 24.3 Å². The highest BCUT2D eigenvalue weighted by atomic mass is 32.2. The summed E-state index contributed by atoms with van der Waals surface area (Å²) < 4.78 is 27.5. The average molecular weight is 421 g/mol. The second-order valence-corrected chi connectivity index (χ2v) is 9.27. The highest BCUT2D eigenvalue weighted by molar-refractivity contribution is 7.89. The first-order chi connectivity index (χ1) is 13.8. The van der Waals surface area contributed by atoms with Crippen LogP contribution >= 0.6 is 0 Å². The molecule has 8 nitrogen and oxygen atoms in total. The molecule has 0 aliphatic carbocycles. The van der Waals surface area contributed by atoms with E-state index in [0.717, 1.165) is 38.0 Å². The van der Waals surface area contributed by atoms with Gasteiger partial charge in [0.15, 0.2) is 0 Å². The number of amides is 1. The van der Waals surface area contributed by atoms with Crippen molar-refractivity contribution in [1.82, 2.24) is 19.5 Å². The summed E-state index contributed by atoms with van der Waals surface area (Å²) in [4.78, 5) is 14.8. The molecule has 29 heavy (non-hydrogen) atoms. The molecule has 1 amide bonds. The van der Waals surface area contributed by atoms with Crippen molar-refractivity contribution in [3.63, 3.8) is 0 Å². The molecule has 2 heterocycles. The molecule has 2 aromatic rings. The van der Waals surface area contributed by atoms with Crippen LogP contribution in [0.3, 0.4) is 0 Å². The van der Waals surface area contributed by atoms with Crippen molar-refractivity contribution in [1.29, 1.82) is 0 Å². The first kappa shape index (κ1) is 21.5. The first-order valence-corrected chi connectivity index (χ1v) is 11.1. The molecule has 1 saturated heterocycles. The van der Waals surface area contributed by atoms with Crippen LogP contribution in [0.15, 0.2) is 41.4 Å². The molecule has 0 spiro atoms. The standard InChI is InChI=1S/C20H28N4O4S/c1-21-29(27,28)18-11-19(23(2)14-18)20(26)22-12-15-3-5-16(6-4-15)13-24-9-7-17(25)8-10-24/h3-6,11,14,17,21,25H,7-10,12-13H2,1-2H3,(H,22,26). The minimum absolute atomic E-state index is 0.0576. The Kier molecular flexibility index (Phi) is 6.74. The van der Waals surface area contributed by atoms with Crippen molar-refractivity contribution in [2.75, 3.05) is 20.1 Å². The molecule has 158 valence electrons. The van der Waals surface area contributed by atoms with Crippen LogP contribution in [0.2, 0.25) is 0 Å². The Bertz CT molecular complexity index is 945. The molecule has 1 aliphatic rings. The lowest BCUT2D eigenvalue weighted by Gasteiger charge is -2.29. The first-order valence-electron chi connectivity index (χ1n) is 9.65. The second-order valence-electron chi connectivity index (χ2n) is 7.39. The van der Waals surface area contributed by atoms with Gasteiger partial charge in [0.25, 0.3) is 5.91 Å². The maximum absolute atomic E-state index is 12.4. The van der Waals surface area contributed by atoms with E-state index in [-0.39, 0.29) is 22.6 Å². The van der Waals surface area contributed by atoms with Crippen molar-refractivity contribution in [3.8, 4) is 0 Å². The van der Waals surface area contributed by atoms with Gasteiger partial charge in [-0.15, -0.1) is 0 Å². The minimum atomic E-state index is -3.59. The molecule has 3 N–H and O–H groups in total. The van der Waals surface area contributed by atoms with Crippen LogP contribution in [-0.4, -0.2) is 55.1 Å². The molecule has 1 fully saturated rings. The molecule has 0 saturated carbocycles. The van der Waals surface area contributed by atoms with Crippen LogP contribution in [0.4, 0.5) is 0 Å². The molecular weight excluding hydrogens is 392 g/mol. The molecule has 9 heteroatoms. The van der Waals surface area contributed by atoms with E-state index in [1.165, 1.54) is 29.4 Å². The van der Waals surface area contributed by atoms with Crippen LogP contribution in [0.25, 0.3) is 0 Å². The summed E-state index contributed by atoms with van der Waals surface area (Å²) in [5, 5.41) is 12.4. The van der Waals surface area contributed by atoms with Gasteiger partial charge in [0.05, 0.1) is 6.10 Å². The van der Waals surface area contributed by atoms with Gasteiger partial charge in [0.2, 0.25) is 10.0 Å². The van der Waals surface area contributed by atoms with Crippen molar-refractivity contribution in [2.24, 2.45) is 7.05 Å². The van der Waals surface area contributed by atoms with Gasteiger partial charge in [-0.3, -0.25) is 9.69 Å². The summed E-state index contributed by atoms with van der Waals surface area (Å²) in [6, 6.07) is 9.42. The summed E-state index contributed by atoms with van der Waals surface area (Å²) in [5.74, 6) is -0.332. The zero-order chi connectivity index (χ0) is 21.0. The average Bonchev–Trinajstić information content (AvgIpc) is 3.11. The lowest BCUT2D eigenvalue weighted by atomic mass is 10.1. The van der Waals surface area contributed by atoms with Gasteiger partial charge in [0.1, 0.15) is 10.6 Å². The monoisotopic (exact) mass is 420 g/mol. The lowest BCUT2D eigenvalue weighted by Crippen LogP contribution is -2.35. The summed E-state index contributed by atoms with van der Waals surface area (Å²) >= 11 is 0. The van der Waals surface area contributed by atoms with Crippen LogP contribution in [0.1, 0.15) is 34.5 Å². The Morgan fingerprint density at radius 2 is 1.79 bits per heavy atom. The largest absolute Gasteiger partial charge is 0.393 e. The quantitative estimate of drug-likeness (QED) is 0.615. The molecule has 1 aromatic heterocycles. The van der Waals surface area contributed by atoms with E-state index in [1.54, 1.807) is 7.05 Å². The molecule has 0 unspecified atom stereocenters. The number of aliphatic hydroxyl groups is 1. The number of sulfonamides is 1. The van der Waals surface area contributed by atoms with Crippen LogP contribution in [0, 0.1) is 0 Å². The summed E-state index contributed by atoms with van der Waals surface area (Å²) in [6.45, 7) is 3.02. The third-order valence-electron chi connectivity index (χ3n) is 5.23. The number of aryl methyl sites for hydroxylation is 1. The minimum Gasteiger partial charge on any atom is -0.393 e. The molecule has 1 aliphatic heterocycles. The smallest absolute Gasteiger partial charge is 0.268 e. The van der Waals surface area contributed by atoms with Crippen molar-refractivity contribution >= 4 is 15.9 Å². The normalized spacial score (nSPS) is 16.1. The topological polar surface area (TPSA) is 104 Å². The van der Waals surface area contributed by atoms with Crippen molar-refractivity contribution in [2.45, 2.75) is 36.9 Å². The third kappa shape index (κ3) is 5.45. The van der Waals surface area contributed by atoms with Gasteiger partial charge in [0, 0.05) is 39.4 Å². The SMILES string of the molecule is CNS(=O)(=O)c1cc(C(=O)NCc2ccc(CN3CCC(O)CC3)cc2)n(C)c1. The number of rotatable bonds is 7. The molecule has 1 aromatic carbocycles. The number of benzene rings is 1. The highest BCUT2D eigenvalue weighted by Crippen LogP contribution is 2.15. The Hall–Kier alpha value is -2.20. The molecule has 0 atom stereocenters. The predicted molar refractivity (Wildman–Crippen MR) is 110 cm³/mol. The van der Waals surface area contributed by atoms with E-state index in [4.69, 9.17) is 0 Å². The van der Waals surface area contributed by atoms with Gasteiger partial charge >= 0.3 is 0 Å². The van der Waals surface area contributed by atoms with Crippen LogP contribution in [-0.2, 0) is 30.2 Å². The van der Waals surface area contributed by atoms with Gasteiger partial charge in [-0.25, -0.2) is 13.1 Å². The number of aliphatic hydroxyl groups excluding tert-OH is 1. The van der Waals surface area contributed by atoms with Gasteiger partial charge < -0.3 is 15.0 Å². The number of hydrogen-bond acceptors (Lipinski definition) is 5. The number of carbonyl (C=O) groups excluding carboxylic acids is 1. The maximum atomic E-state index is 12.4. The molecule has 0 bridgehead atoms.